The Bertz CT molecular complexity index is 877. The average Bonchev–Trinajstić information content (AvgIpc) is 3.44. The number of fused-ring (bicyclic) bond motifs is 5. The first-order valence-corrected chi connectivity index (χ1v) is 11.0. The van der Waals surface area contributed by atoms with Crippen LogP contribution in [0.3, 0.4) is 0 Å². The van der Waals surface area contributed by atoms with Crippen molar-refractivity contribution in [1.29, 1.82) is 0 Å². The number of hydrogen-bond donors (Lipinski definition) is 1. The lowest BCUT2D eigenvalue weighted by atomic mass is 9.85. The molecule has 7 nitrogen and oxygen atoms in total. The molecule has 30 heavy (non-hydrogen) atoms. The number of aliphatic imine (C=N–C) groups is 1. The monoisotopic (exact) mass is 427 g/mol. The summed E-state index contributed by atoms with van der Waals surface area (Å²) < 4.78 is 0. The highest BCUT2D eigenvalue weighted by Gasteiger charge is 2.58. The zero-order valence-corrected chi connectivity index (χ0v) is 17.5. The van der Waals surface area contributed by atoms with Crippen molar-refractivity contribution in [1.82, 2.24) is 9.80 Å². The Labute approximate surface area is 181 Å². The highest BCUT2D eigenvalue weighted by Crippen LogP contribution is 2.52. The van der Waals surface area contributed by atoms with E-state index in [1.165, 1.54) is 4.90 Å². The highest BCUT2D eigenvalue weighted by atomic mass is 35.5. The third-order valence-corrected chi connectivity index (χ3v) is 7.21. The van der Waals surface area contributed by atoms with Crippen LogP contribution in [-0.4, -0.2) is 66.8 Å². The van der Waals surface area contributed by atoms with Gasteiger partial charge >= 0.3 is 0 Å². The summed E-state index contributed by atoms with van der Waals surface area (Å²) in [6.07, 6.45) is 5.18. The summed E-state index contributed by atoms with van der Waals surface area (Å²) in [5.41, 5.74) is 7.34. The normalized spacial score (nSPS) is 30.6. The van der Waals surface area contributed by atoms with Crippen molar-refractivity contribution in [2.45, 2.75) is 6.42 Å². The first kappa shape index (κ1) is 19.4. The molecule has 2 aliphatic heterocycles. The summed E-state index contributed by atoms with van der Waals surface area (Å²) in [6.45, 7) is 3.91. The van der Waals surface area contributed by atoms with Crippen LogP contribution in [0, 0.1) is 23.7 Å². The molecule has 8 heteroatoms. The quantitative estimate of drug-likeness (QED) is 0.341. The Balaban J connectivity index is 1.13. The zero-order valence-electron chi connectivity index (χ0n) is 16.8. The van der Waals surface area contributed by atoms with Crippen molar-refractivity contribution in [2.24, 2.45) is 34.4 Å². The van der Waals surface area contributed by atoms with Crippen molar-refractivity contribution in [2.75, 3.05) is 44.2 Å². The van der Waals surface area contributed by atoms with E-state index in [0.717, 1.165) is 43.3 Å². The second-order valence-corrected chi connectivity index (χ2v) is 8.95. The first-order chi connectivity index (χ1) is 14.5. The van der Waals surface area contributed by atoms with E-state index in [4.69, 9.17) is 17.3 Å². The fourth-order valence-corrected chi connectivity index (χ4v) is 5.52. The largest absolute Gasteiger partial charge is 0.370 e. The van der Waals surface area contributed by atoms with Gasteiger partial charge in [0.25, 0.3) is 0 Å². The molecule has 1 saturated carbocycles. The highest BCUT2D eigenvalue weighted by molar-refractivity contribution is 6.30. The number of imide groups is 1. The molecule has 3 fully saturated rings. The van der Waals surface area contributed by atoms with Crippen LogP contribution in [0.1, 0.15) is 6.42 Å². The molecule has 2 saturated heterocycles. The van der Waals surface area contributed by atoms with E-state index < -0.39 is 0 Å². The Morgan fingerprint density at radius 2 is 1.60 bits per heavy atom. The number of hydrogen-bond acceptors (Lipinski definition) is 4. The Morgan fingerprint density at radius 3 is 2.20 bits per heavy atom. The second-order valence-electron chi connectivity index (χ2n) is 8.52. The molecule has 0 spiro atoms. The molecular formula is C22H26ClN5O2. The van der Waals surface area contributed by atoms with Gasteiger partial charge in [-0.3, -0.25) is 19.5 Å². The predicted molar refractivity (Wildman–Crippen MR) is 116 cm³/mol. The van der Waals surface area contributed by atoms with Crippen LogP contribution in [0.5, 0.6) is 0 Å². The van der Waals surface area contributed by atoms with E-state index in [2.05, 4.69) is 26.9 Å². The minimum atomic E-state index is -0.144. The summed E-state index contributed by atoms with van der Waals surface area (Å²) in [5.74, 6) is 0.634. The van der Waals surface area contributed by atoms with E-state index in [0.29, 0.717) is 19.0 Å². The Hall–Kier alpha value is -2.54. The van der Waals surface area contributed by atoms with E-state index in [1.54, 1.807) is 0 Å². The lowest BCUT2D eigenvalue weighted by Gasteiger charge is -2.36. The summed E-state index contributed by atoms with van der Waals surface area (Å²) in [6, 6.07) is 7.85. The average molecular weight is 428 g/mol. The fraction of sp³-hybridized carbons (Fsp3) is 0.500. The van der Waals surface area contributed by atoms with Crippen LogP contribution in [0.25, 0.3) is 0 Å². The maximum atomic E-state index is 12.7. The number of allylic oxidation sites excluding steroid dienone is 2. The molecule has 158 valence electrons. The number of halogens is 1. The van der Waals surface area contributed by atoms with Crippen LogP contribution in [-0.2, 0) is 9.59 Å². The molecule has 1 aromatic carbocycles. The summed E-state index contributed by atoms with van der Waals surface area (Å²) in [5, 5.41) is 0.733. The van der Waals surface area contributed by atoms with E-state index in [-0.39, 0.29) is 35.5 Å². The van der Waals surface area contributed by atoms with Gasteiger partial charge in [-0.15, -0.1) is 0 Å². The fourth-order valence-electron chi connectivity index (χ4n) is 5.39. The number of nitrogens with zero attached hydrogens (tertiary/aromatic N) is 4. The minimum absolute atomic E-state index is 0.0211. The summed E-state index contributed by atoms with van der Waals surface area (Å²) in [7, 11) is 0. The maximum Gasteiger partial charge on any atom is 0.233 e. The second kappa shape index (κ2) is 7.61. The van der Waals surface area contributed by atoms with Gasteiger partial charge in [-0.1, -0.05) is 23.8 Å². The van der Waals surface area contributed by atoms with Crippen LogP contribution >= 0.6 is 11.6 Å². The predicted octanol–water partition coefficient (Wildman–Crippen LogP) is 1.58. The number of anilines is 1. The summed E-state index contributed by atoms with van der Waals surface area (Å²) >= 11 is 5.97. The van der Waals surface area contributed by atoms with Crippen LogP contribution in [0.15, 0.2) is 41.4 Å². The lowest BCUT2D eigenvalue weighted by molar-refractivity contribution is -0.140. The van der Waals surface area contributed by atoms with Crippen LogP contribution in [0.2, 0.25) is 5.02 Å². The molecule has 2 heterocycles. The van der Waals surface area contributed by atoms with E-state index in [1.807, 2.05) is 24.3 Å². The van der Waals surface area contributed by atoms with Gasteiger partial charge in [0, 0.05) is 43.4 Å². The van der Waals surface area contributed by atoms with Crippen LogP contribution in [0.4, 0.5) is 5.69 Å². The van der Waals surface area contributed by atoms with Gasteiger partial charge in [0.15, 0.2) is 5.96 Å². The van der Waals surface area contributed by atoms with Gasteiger partial charge in [-0.25, -0.2) is 0 Å². The van der Waals surface area contributed by atoms with Gasteiger partial charge in [0.05, 0.1) is 18.4 Å². The van der Waals surface area contributed by atoms with Crippen molar-refractivity contribution in [3.05, 3.63) is 41.4 Å². The van der Waals surface area contributed by atoms with E-state index >= 15 is 0 Å². The van der Waals surface area contributed by atoms with E-state index in [9.17, 15) is 9.59 Å². The van der Waals surface area contributed by atoms with Crippen molar-refractivity contribution in [3.63, 3.8) is 0 Å². The van der Waals surface area contributed by atoms with Gasteiger partial charge in [-0.2, -0.15) is 0 Å². The first-order valence-electron chi connectivity index (χ1n) is 10.6. The number of carbonyl (C=O) groups is 2. The molecule has 2 amide bonds. The molecule has 4 unspecified atom stereocenters. The third-order valence-electron chi connectivity index (χ3n) is 6.95. The van der Waals surface area contributed by atoms with Crippen molar-refractivity contribution in [3.8, 4) is 0 Å². The number of rotatable bonds is 4. The van der Waals surface area contributed by atoms with Crippen molar-refractivity contribution >= 4 is 35.1 Å². The van der Waals surface area contributed by atoms with Gasteiger partial charge < -0.3 is 15.5 Å². The molecule has 2 N–H and O–H groups in total. The number of carbonyl (C=O) groups excluding carboxylic acids is 2. The number of benzene rings is 1. The van der Waals surface area contributed by atoms with Gasteiger partial charge in [0.2, 0.25) is 11.8 Å². The molecular weight excluding hydrogens is 402 g/mol. The Morgan fingerprint density at radius 1 is 1.00 bits per heavy atom. The van der Waals surface area contributed by atoms with Gasteiger partial charge in [0.1, 0.15) is 0 Å². The molecule has 5 rings (SSSR count). The topological polar surface area (TPSA) is 82.2 Å². The third kappa shape index (κ3) is 3.25. The lowest BCUT2D eigenvalue weighted by Crippen LogP contribution is -2.51. The molecule has 0 radical (unpaired) electrons. The molecule has 4 atom stereocenters. The van der Waals surface area contributed by atoms with Crippen molar-refractivity contribution < 1.29 is 9.59 Å². The van der Waals surface area contributed by atoms with Crippen LogP contribution < -0.4 is 10.6 Å². The maximum absolute atomic E-state index is 12.7. The number of guanidine groups is 1. The molecule has 0 aromatic heterocycles. The number of likely N-dealkylation sites (tertiary alicyclic amines) is 1. The zero-order chi connectivity index (χ0) is 20.8. The van der Waals surface area contributed by atoms with Gasteiger partial charge in [-0.05, 0) is 42.5 Å². The smallest absolute Gasteiger partial charge is 0.233 e. The standard InChI is InChI=1S/C22H26ClN5O2/c23-16-3-5-17(6-4-16)26-9-11-27(12-10-26)22(24)25-7-8-28-20(29)18-14-1-2-15(13-14)19(18)21(28)30/h1-6,14-15,18-19H,7-13H2,(H2,24,25). The minimum Gasteiger partial charge on any atom is -0.370 e. The summed E-state index contributed by atoms with van der Waals surface area (Å²) in [4.78, 5) is 35.7. The number of piperazine rings is 1. The Kier molecular flexibility index (Phi) is 4.93. The number of amides is 2. The molecule has 2 bridgehead atoms. The number of nitrogens with two attached hydrogens (primary N) is 1. The molecule has 1 aromatic rings. The molecule has 2 aliphatic carbocycles. The SMILES string of the molecule is NC(=NCCN1C(=O)C2C3C=CC(C3)C2C1=O)N1CCN(c2ccc(Cl)cc2)CC1. The molecule has 4 aliphatic rings.